The van der Waals surface area contributed by atoms with E-state index < -0.39 is 29.2 Å². The van der Waals surface area contributed by atoms with Gasteiger partial charge in [-0.2, -0.15) is 0 Å². The van der Waals surface area contributed by atoms with Crippen LogP contribution in [0.5, 0.6) is 0 Å². The summed E-state index contributed by atoms with van der Waals surface area (Å²) in [7, 11) is 0. The van der Waals surface area contributed by atoms with Crippen molar-refractivity contribution >= 4 is 18.2 Å². The molecule has 27 heavy (non-hydrogen) atoms. The van der Waals surface area contributed by atoms with Gasteiger partial charge in [-0.15, -0.1) is 0 Å². The number of hydrogen-bond acceptors (Lipinski definition) is 6. The number of amides is 2. The highest BCUT2D eigenvalue weighted by Gasteiger charge is 2.37. The van der Waals surface area contributed by atoms with Gasteiger partial charge in [-0.3, -0.25) is 4.79 Å². The molecule has 2 fully saturated rings. The molecule has 0 spiro atoms. The Balaban J connectivity index is 0.000000271. The van der Waals surface area contributed by atoms with Crippen LogP contribution in [0.4, 0.5) is 9.59 Å². The van der Waals surface area contributed by atoms with E-state index in [1.54, 1.807) is 25.7 Å². The Morgan fingerprint density at radius 2 is 1.22 bits per heavy atom. The van der Waals surface area contributed by atoms with Gasteiger partial charge in [0.05, 0.1) is 5.92 Å². The van der Waals surface area contributed by atoms with Crippen LogP contribution in [0.15, 0.2) is 0 Å². The molecule has 0 unspecified atom stereocenters. The van der Waals surface area contributed by atoms with Gasteiger partial charge < -0.3 is 29.5 Å². The van der Waals surface area contributed by atoms with Crippen molar-refractivity contribution < 1.29 is 34.1 Å². The SMILES string of the molecule is CC(C)(C)OC(=O)N1CC(C(=O)O)C1.CC(C)(C)OC(=O)N1CC(CO)C1. The van der Waals surface area contributed by atoms with Gasteiger partial charge in [0.15, 0.2) is 0 Å². The minimum Gasteiger partial charge on any atom is -0.481 e. The largest absolute Gasteiger partial charge is 0.481 e. The maximum atomic E-state index is 11.3. The summed E-state index contributed by atoms with van der Waals surface area (Å²) < 4.78 is 10.2. The van der Waals surface area contributed by atoms with E-state index in [1.165, 1.54) is 4.90 Å². The van der Waals surface area contributed by atoms with Gasteiger partial charge in [-0.05, 0) is 41.5 Å². The molecule has 156 valence electrons. The number of aliphatic carboxylic acids is 1. The number of hydrogen-bond donors (Lipinski definition) is 2. The first kappa shape index (κ1) is 23.0. The molecule has 0 aromatic rings. The Bertz CT molecular complexity index is 539. The van der Waals surface area contributed by atoms with Crippen LogP contribution >= 0.6 is 0 Å². The Hall–Kier alpha value is -2.03. The average Bonchev–Trinajstić information content (AvgIpc) is 2.30. The van der Waals surface area contributed by atoms with Crippen molar-refractivity contribution in [1.82, 2.24) is 9.80 Å². The molecule has 2 rings (SSSR count). The Morgan fingerprint density at radius 3 is 1.52 bits per heavy atom. The van der Waals surface area contributed by atoms with Crippen molar-refractivity contribution in [2.45, 2.75) is 52.7 Å². The van der Waals surface area contributed by atoms with Crippen LogP contribution < -0.4 is 0 Å². The first-order chi connectivity index (χ1) is 12.2. The zero-order chi connectivity index (χ0) is 21.0. The van der Waals surface area contributed by atoms with E-state index >= 15 is 0 Å². The summed E-state index contributed by atoms with van der Waals surface area (Å²) in [4.78, 5) is 36.1. The van der Waals surface area contributed by atoms with Crippen LogP contribution in [-0.4, -0.2) is 82.2 Å². The molecule has 2 heterocycles. The lowest BCUT2D eigenvalue weighted by molar-refractivity contribution is -0.146. The van der Waals surface area contributed by atoms with E-state index in [1.807, 2.05) is 20.8 Å². The molecule has 0 aromatic carbocycles. The predicted octanol–water partition coefficient (Wildman–Crippen LogP) is 1.78. The summed E-state index contributed by atoms with van der Waals surface area (Å²) in [5.41, 5.74) is -0.952. The molecule has 2 amide bonds. The van der Waals surface area contributed by atoms with Crippen molar-refractivity contribution in [3.8, 4) is 0 Å². The third-order valence-corrected chi connectivity index (χ3v) is 3.75. The lowest BCUT2D eigenvalue weighted by atomic mass is 10.0. The fraction of sp³-hybridized carbons (Fsp3) is 0.833. The number of carbonyl (C=O) groups excluding carboxylic acids is 2. The second-order valence-electron chi connectivity index (χ2n) is 8.85. The van der Waals surface area contributed by atoms with Gasteiger partial charge in [0, 0.05) is 38.7 Å². The predicted molar refractivity (Wildman–Crippen MR) is 97.3 cm³/mol. The summed E-state index contributed by atoms with van der Waals surface area (Å²) in [6.45, 7) is 12.7. The van der Waals surface area contributed by atoms with E-state index in [4.69, 9.17) is 19.7 Å². The second kappa shape index (κ2) is 8.77. The monoisotopic (exact) mass is 388 g/mol. The number of carboxylic acid groups (broad SMARTS) is 1. The van der Waals surface area contributed by atoms with E-state index in [0.29, 0.717) is 13.1 Å². The molecule has 0 saturated carbocycles. The lowest BCUT2D eigenvalue weighted by Gasteiger charge is -2.38. The van der Waals surface area contributed by atoms with Crippen molar-refractivity contribution in [3.63, 3.8) is 0 Å². The molecule has 2 aliphatic rings. The average molecular weight is 388 g/mol. The molecule has 0 aliphatic carbocycles. The molecule has 2 saturated heterocycles. The zero-order valence-corrected chi connectivity index (χ0v) is 17.0. The van der Waals surface area contributed by atoms with E-state index in [9.17, 15) is 14.4 Å². The molecular formula is C18H32N2O7. The molecule has 2 N–H and O–H groups in total. The Morgan fingerprint density at radius 1 is 0.852 bits per heavy atom. The highest BCUT2D eigenvalue weighted by atomic mass is 16.6. The second-order valence-corrected chi connectivity index (χ2v) is 8.85. The molecule has 9 heteroatoms. The highest BCUT2D eigenvalue weighted by molar-refractivity contribution is 5.76. The molecule has 0 aromatic heterocycles. The van der Waals surface area contributed by atoms with E-state index in [-0.39, 0.29) is 31.7 Å². The van der Waals surface area contributed by atoms with Crippen LogP contribution in [0.3, 0.4) is 0 Å². The number of carboxylic acids is 1. The molecule has 0 atom stereocenters. The van der Waals surface area contributed by atoms with E-state index in [2.05, 4.69) is 0 Å². The maximum absolute atomic E-state index is 11.3. The minimum absolute atomic E-state index is 0.152. The van der Waals surface area contributed by atoms with Crippen molar-refractivity contribution in [1.29, 1.82) is 0 Å². The number of likely N-dealkylation sites (tertiary alicyclic amines) is 2. The normalized spacial score (nSPS) is 17.9. The lowest BCUT2D eigenvalue weighted by Crippen LogP contribution is -2.54. The maximum Gasteiger partial charge on any atom is 0.410 e. The minimum atomic E-state index is -0.857. The van der Waals surface area contributed by atoms with Gasteiger partial charge in [0.25, 0.3) is 0 Å². The third-order valence-electron chi connectivity index (χ3n) is 3.75. The van der Waals surface area contributed by atoms with Crippen molar-refractivity contribution in [2.24, 2.45) is 11.8 Å². The third kappa shape index (κ3) is 8.03. The van der Waals surface area contributed by atoms with Crippen LogP contribution in [0, 0.1) is 11.8 Å². The fourth-order valence-electron chi connectivity index (χ4n) is 2.27. The smallest absolute Gasteiger partial charge is 0.410 e. The number of rotatable bonds is 2. The molecule has 9 nitrogen and oxygen atoms in total. The van der Waals surface area contributed by atoms with Crippen LogP contribution in [0.1, 0.15) is 41.5 Å². The highest BCUT2D eigenvalue weighted by Crippen LogP contribution is 2.20. The summed E-state index contributed by atoms with van der Waals surface area (Å²) in [5.74, 6) is -1.04. The molecular weight excluding hydrogens is 356 g/mol. The zero-order valence-electron chi connectivity index (χ0n) is 17.0. The number of aliphatic hydroxyl groups is 1. The summed E-state index contributed by atoms with van der Waals surface area (Å²) in [6.07, 6.45) is -0.716. The van der Waals surface area contributed by atoms with Crippen molar-refractivity contribution in [2.75, 3.05) is 32.8 Å². The fourth-order valence-corrected chi connectivity index (χ4v) is 2.27. The van der Waals surface area contributed by atoms with Crippen LogP contribution in [0.2, 0.25) is 0 Å². The van der Waals surface area contributed by atoms with Gasteiger partial charge in [-0.1, -0.05) is 0 Å². The number of nitrogens with zero attached hydrogens (tertiary/aromatic N) is 2. The van der Waals surface area contributed by atoms with Crippen LogP contribution in [-0.2, 0) is 14.3 Å². The topological polar surface area (TPSA) is 117 Å². The van der Waals surface area contributed by atoms with Gasteiger partial charge in [0.1, 0.15) is 11.2 Å². The quantitative estimate of drug-likeness (QED) is 0.740. The van der Waals surface area contributed by atoms with Gasteiger partial charge in [0.2, 0.25) is 0 Å². The first-order valence-electron chi connectivity index (χ1n) is 9.01. The standard InChI is InChI=1S/C9H15NO4.C9H17NO3/c1-9(2,3)14-8(13)10-4-6(5-10)7(11)12;1-9(2,3)13-8(12)10-4-7(5-10)6-11/h6H,4-5H2,1-3H3,(H,11,12);7,11H,4-6H2,1-3H3. The number of carbonyl (C=O) groups is 3. The molecule has 0 radical (unpaired) electrons. The van der Waals surface area contributed by atoms with Crippen molar-refractivity contribution in [3.05, 3.63) is 0 Å². The molecule has 2 aliphatic heterocycles. The van der Waals surface area contributed by atoms with Gasteiger partial charge >= 0.3 is 18.2 Å². The summed E-state index contributed by atoms with van der Waals surface area (Å²) >= 11 is 0. The molecule has 0 bridgehead atoms. The Labute approximate surface area is 160 Å². The first-order valence-corrected chi connectivity index (χ1v) is 9.01. The van der Waals surface area contributed by atoms with Crippen LogP contribution in [0.25, 0.3) is 0 Å². The number of ether oxygens (including phenoxy) is 2. The summed E-state index contributed by atoms with van der Waals surface area (Å²) in [6, 6.07) is 0. The van der Waals surface area contributed by atoms with E-state index in [0.717, 1.165) is 0 Å². The summed E-state index contributed by atoms with van der Waals surface area (Å²) in [5, 5.41) is 17.3. The number of aliphatic hydroxyl groups excluding tert-OH is 1. The Kier molecular flexibility index (Phi) is 7.48. The van der Waals surface area contributed by atoms with Gasteiger partial charge in [-0.25, -0.2) is 9.59 Å².